The van der Waals surface area contributed by atoms with E-state index in [2.05, 4.69) is 21.3 Å². The number of hydrogen-bond acceptors (Lipinski definition) is 6. The number of piperidine rings is 1. The fraction of sp³-hybridized carbons (Fsp3) is 0.800. The molecule has 0 aliphatic carbocycles. The second-order valence-corrected chi connectivity index (χ2v) is 8.63. The van der Waals surface area contributed by atoms with Crippen LogP contribution in [0.4, 0.5) is 4.79 Å². The number of urea groups is 1. The molecule has 3 amide bonds. The Balaban J connectivity index is 1.56. The number of ether oxygens (including phenoxy) is 1. The molecule has 4 aliphatic heterocycles. The van der Waals surface area contributed by atoms with E-state index >= 15 is 0 Å². The zero-order valence-electron chi connectivity index (χ0n) is 17.8. The molecule has 3 fully saturated rings. The van der Waals surface area contributed by atoms with Crippen LogP contribution in [-0.2, 0) is 9.53 Å². The van der Waals surface area contributed by atoms with Crippen molar-refractivity contribution in [2.75, 3.05) is 73.1 Å². The molecule has 0 saturated carbocycles. The molecule has 9 heteroatoms. The quantitative estimate of drug-likeness (QED) is 0.591. The maximum Gasteiger partial charge on any atom is 0.333 e. The van der Waals surface area contributed by atoms with Crippen LogP contribution in [-0.4, -0.2) is 127 Å². The Kier molecular flexibility index (Phi) is 5.98. The minimum Gasteiger partial charge on any atom is -0.379 e. The van der Waals surface area contributed by atoms with E-state index in [0.29, 0.717) is 5.84 Å². The highest BCUT2D eigenvalue weighted by molar-refractivity contribution is 6.23. The molecule has 1 atom stereocenters. The van der Waals surface area contributed by atoms with Crippen LogP contribution in [0.2, 0.25) is 0 Å². The van der Waals surface area contributed by atoms with Crippen molar-refractivity contribution in [3.8, 4) is 0 Å². The van der Waals surface area contributed by atoms with Gasteiger partial charge >= 0.3 is 11.9 Å². The smallest absolute Gasteiger partial charge is 0.333 e. The standard InChI is InChI=1S/C20H33N6O3/c1-15-4-6-25(7-5-15)14-16-21-18-17(19(27)23(3)20(28)22(18)2)26(16)9-8-24-10-12-29-13-11-24/h15,17H,4-14H2,1-3H3/q+1. The zero-order chi connectivity index (χ0) is 20.5. The van der Waals surface area contributed by atoms with Crippen LogP contribution in [0.15, 0.2) is 4.99 Å². The fourth-order valence-electron chi connectivity index (χ4n) is 4.53. The molecule has 0 aromatic carbocycles. The average molecular weight is 406 g/mol. The minimum absolute atomic E-state index is 0.184. The van der Waals surface area contributed by atoms with Gasteiger partial charge in [-0.3, -0.25) is 24.4 Å². The van der Waals surface area contributed by atoms with Gasteiger partial charge in [0.1, 0.15) is 6.54 Å². The molecule has 0 bridgehead atoms. The van der Waals surface area contributed by atoms with Crippen molar-refractivity contribution in [1.82, 2.24) is 19.6 Å². The van der Waals surface area contributed by atoms with Gasteiger partial charge in [-0.25, -0.2) is 9.37 Å². The van der Waals surface area contributed by atoms with Crippen LogP contribution in [0.3, 0.4) is 0 Å². The molecule has 4 aliphatic rings. The third-order valence-corrected chi connectivity index (χ3v) is 6.62. The van der Waals surface area contributed by atoms with Gasteiger partial charge in [0.05, 0.1) is 19.8 Å². The van der Waals surface area contributed by atoms with Gasteiger partial charge in [0.2, 0.25) is 0 Å². The van der Waals surface area contributed by atoms with Gasteiger partial charge in [0, 0.05) is 33.7 Å². The molecule has 0 radical (unpaired) electrons. The molecule has 0 spiro atoms. The molecule has 4 rings (SSSR count). The largest absolute Gasteiger partial charge is 0.379 e. The zero-order valence-corrected chi connectivity index (χ0v) is 17.8. The van der Waals surface area contributed by atoms with E-state index < -0.39 is 6.04 Å². The Labute approximate surface area is 172 Å². The molecule has 0 aromatic rings. The number of imide groups is 1. The first-order valence-corrected chi connectivity index (χ1v) is 10.7. The summed E-state index contributed by atoms with van der Waals surface area (Å²) in [6, 6.07) is -0.811. The van der Waals surface area contributed by atoms with Crippen molar-refractivity contribution in [2.24, 2.45) is 10.9 Å². The SMILES string of the molecule is CC1CCN(CC2=[N+](CCN3CCOCC3)C3C(=O)N(C)C(=O)N(C)C3=N2)CC1. The highest BCUT2D eigenvalue weighted by atomic mass is 16.5. The Bertz CT molecular complexity index is 722. The van der Waals surface area contributed by atoms with E-state index in [0.717, 1.165) is 70.8 Å². The van der Waals surface area contributed by atoms with E-state index in [9.17, 15) is 9.59 Å². The number of carbonyl (C=O) groups is 2. The molecule has 0 aromatic heterocycles. The van der Waals surface area contributed by atoms with Crippen LogP contribution in [0.1, 0.15) is 19.8 Å². The van der Waals surface area contributed by atoms with E-state index in [-0.39, 0.29) is 11.9 Å². The molecule has 29 heavy (non-hydrogen) atoms. The number of amidine groups is 2. The number of hydrogen-bond donors (Lipinski definition) is 0. The Morgan fingerprint density at radius 1 is 1.03 bits per heavy atom. The van der Waals surface area contributed by atoms with Crippen LogP contribution < -0.4 is 0 Å². The lowest BCUT2D eigenvalue weighted by molar-refractivity contribution is -0.536. The summed E-state index contributed by atoms with van der Waals surface area (Å²) < 4.78 is 7.58. The number of nitrogens with zero attached hydrogens (tertiary/aromatic N) is 6. The van der Waals surface area contributed by atoms with Crippen LogP contribution in [0.5, 0.6) is 0 Å². The lowest BCUT2D eigenvalue weighted by Crippen LogP contribution is -2.62. The lowest BCUT2D eigenvalue weighted by Gasteiger charge is -2.32. The number of amides is 3. The van der Waals surface area contributed by atoms with Crippen molar-refractivity contribution >= 4 is 23.6 Å². The number of likely N-dealkylation sites (tertiary alicyclic amines) is 1. The first-order valence-electron chi connectivity index (χ1n) is 10.7. The predicted octanol–water partition coefficient (Wildman–Crippen LogP) is -0.234. The summed E-state index contributed by atoms with van der Waals surface area (Å²) in [4.78, 5) is 37.8. The number of aliphatic imine (C=N–C) groups is 1. The lowest BCUT2D eigenvalue weighted by atomic mass is 9.99. The summed E-state index contributed by atoms with van der Waals surface area (Å²) >= 11 is 0. The third-order valence-electron chi connectivity index (χ3n) is 6.62. The topological polar surface area (TPSA) is 71.7 Å². The van der Waals surface area contributed by atoms with Crippen LogP contribution >= 0.6 is 0 Å². The molecule has 160 valence electrons. The van der Waals surface area contributed by atoms with Gasteiger partial charge < -0.3 is 4.74 Å². The van der Waals surface area contributed by atoms with Crippen LogP contribution in [0.25, 0.3) is 0 Å². The Morgan fingerprint density at radius 3 is 2.41 bits per heavy atom. The summed E-state index contributed by atoms with van der Waals surface area (Å²) in [7, 11) is 3.27. The van der Waals surface area contributed by atoms with E-state index in [1.54, 1.807) is 14.1 Å². The maximum absolute atomic E-state index is 13.0. The second-order valence-electron chi connectivity index (χ2n) is 8.63. The Hall–Kier alpha value is -1.84. The molecular formula is C20H33N6O3+. The normalized spacial score (nSPS) is 27.7. The summed E-state index contributed by atoms with van der Waals surface area (Å²) in [5.41, 5.74) is 0. The molecule has 9 nitrogen and oxygen atoms in total. The highest BCUT2D eigenvalue weighted by Gasteiger charge is 2.53. The highest BCUT2D eigenvalue weighted by Crippen LogP contribution is 2.21. The molecule has 0 N–H and O–H groups in total. The average Bonchev–Trinajstić information content (AvgIpc) is 3.10. The number of fused-ring (bicyclic) bond motifs is 1. The van der Waals surface area contributed by atoms with Gasteiger partial charge in [-0.1, -0.05) is 6.92 Å². The van der Waals surface area contributed by atoms with Gasteiger partial charge in [-0.05, 0) is 36.8 Å². The maximum atomic E-state index is 13.0. The molecular weight excluding hydrogens is 372 g/mol. The van der Waals surface area contributed by atoms with Crippen molar-refractivity contribution < 1.29 is 18.9 Å². The summed E-state index contributed by atoms with van der Waals surface area (Å²) in [5.74, 6) is 2.07. The summed E-state index contributed by atoms with van der Waals surface area (Å²) in [6.45, 7) is 10.1. The Morgan fingerprint density at radius 2 is 1.72 bits per heavy atom. The van der Waals surface area contributed by atoms with E-state index in [1.165, 1.54) is 22.6 Å². The van der Waals surface area contributed by atoms with Crippen molar-refractivity contribution in [1.29, 1.82) is 0 Å². The van der Waals surface area contributed by atoms with E-state index in [4.69, 9.17) is 9.73 Å². The monoisotopic (exact) mass is 405 g/mol. The molecule has 4 heterocycles. The van der Waals surface area contributed by atoms with Gasteiger partial charge in [-0.15, -0.1) is 0 Å². The van der Waals surface area contributed by atoms with Crippen LogP contribution in [0, 0.1) is 5.92 Å². The summed E-state index contributed by atoms with van der Waals surface area (Å²) in [6.07, 6.45) is 2.39. The molecule has 1 unspecified atom stereocenters. The summed E-state index contributed by atoms with van der Waals surface area (Å²) in [5, 5.41) is 0. The second kappa shape index (κ2) is 8.49. The van der Waals surface area contributed by atoms with E-state index in [1.807, 2.05) is 0 Å². The van der Waals surface area contributed by atoms with Crippen molar-refractivity contribution in [3.63, 3.8) is 0 Å². The van der Waals surface area contributed by atoms with Gasteiger partial charge in [-0.2, -0.15) is 0 Å². The fourth-order valence-corrected chi connectivity index (χ4v) is 4.53. The van der Waals surface area contributed by atoms with Crippen molar-refractivity contribution in [3.05, 3.63) is 0 Å². The molecule has 3 saturated heterocycles. The number of likely N-dealkylation sites (N-methyl/N-ethyl adjacent to an activating group) is 2. The number of rotatable bonds is 5. The third kappa shape index (κ3) is 4.08. The van der Waals surface area contributed by atoms with Crippen molar-refractivity contribution in [2.45, 2.75) is 25.8 Å². The first-order chi connectivity index (χ1) is 14.0. The number of carbonyl (C=O) groups excluding carboxylic acids is 2. The predicted molar refractivity (Wildman–Crippen MR) is 109 cm³/mol. The minimum atomic E-state index is -0.498. The first kappa shape index (κ1) is 20.4. The van der Waals surface area contributed by atoms with Gasteiger partial charge in [0.15, 0.2) is 0 Å². The number of morpholine rings is 1. The van der Waals surface area contributed by atoms with Gasteiger partial charge in [0.25, 0.3) is 17.8 Å².